The van der Waals surface area contributed by atoms with Crippen LogP contribution in [0.25, 0.3) is 33.2 Å². The van der Waals surface area contributed by atoms with Crippen LogP contribution in [0.1, 0.15) is 31.0 Å². The van der Waals surface area contributed by atoms with Crippen LogP contribution in [0, 0.1) is 11.3 Å². The van der Waals surface area contributed by atoms with Gasteiger partial charge >= 0.3 is 0 Å². The third-order valence-corrected chi connectivity index (χ3v) is 5.35. The summed E-state index contributed by atoms with van der Waals surface area (Å²) < 4.78 is 0. The molecule has 1 aromatic heterocycles. The third kappa shape index (κ3) is 4.02. The summed E-state index contributed by atoms with van der Waals surface area (Å²) in [5, 5.41) is 11.5. The van der Waals surface area contributed by atoms with Crippen LogP contribution in [-0.2, 0) is 6.42 Å². The van der Waals surface area contributed by atoms with Crippen LogP contribution >= 0.6 is 0 Å². The fraction of sp³-hybridized carbons (Fsp3) is 0.143. The molecular formula is C28H24N2. The number of nitrogens with zero attached hydrogens (tertiary/aromatic N) is 2. The molecule has 0 aliphatic heterocycles. The minimum absolute atomic E-state index is 0.658. The normalized spacial score (nSPS) is 10.7. The number of pyridine rings is 1. The van der Waals surface area contributed by atoms with Gasteiger partial charge in [-0.3, -0.25) is 4.98 Å². The first-order valence-corrected chi connectivity index (χ1v) is 10.3. The SMILES string of the molecule is C=C(C)CCCc1nc(-c2ccc(C#N)cc2)c2ccccc2c1-c1ccccc1. The lowest BCUT2D eigenvalue weighted by Gasteiger charge is -2.17. The first-order chi connectivity index (χ1) is 14.7. The zero-order valence-corrected chi connectivity index (χ0v) is 17.2. The first-order valence-electron chi connectivity index (χ1n) is 10.3. The quantitative estimate of drug-likeness (QED) is 0.324. The Morgan fingerprint density at radius 1 is 0.867 bits per heavy atom. The van der Waals surface area contributed by atoms with E-state index in [-0.39, 0.29) is 0 Å². The van der Waals surface area contributed by atoms with Crippen LogP contribution in [0.2, 0.25) is 0 Å². The maximum Gasteiger partial charge on any atom is 0.0991 e. The van der Waals surface area contributed by atoms with E-state index in [1.165, 1.54) is 22.1 Å². The van der Waals surface area contributed by atoms with Gasteiger partial charge in [-0.05, 0) is 49.3 Å². The van der Waals surface area contributed by atoms with Crippen molar-refractivity contribution in [1.82, 2.24) is 4.98 Å². The van der Waals surface area contributed by atoms with Gasteiger partial charge in [-0.25, -0.2) is 0 Å². The van der Waals surface area contributed by atoms with Gasteiger partial charge in [0.25, 0.3) is 0 Å². The topological polar surface area (TPSA) is 36.7 Å². The summed E-state index contributed by atoms with van der Waals surface area (Å²) in [6.07, 6.45) is 2.91. The van der Waals surface area contributed by atoms with Crippen LogP contribution in [0.4, 0.5) is 0 Å². The molecule has 0 fully saturated rings. The van der Waals surface area contributed by atoms with Gasteiger partial charge in [0.15, 0.2) is 0 Å². The van der Waals surface area contributed by atoms with E-state index in [2.05, 4.69) is 68.1 Å². The van der Waals surface area contributed by atoms with Crippen molar-refractivity contribution in [2.24, 2.45) is 0 Å². The van der Waals surface area contributed by atoms with E-state index in [1.807, 2.05) is 30.3 Å². The molecule has 0 saturated heterocycles. The minimum atomic E-state index is 0.658. The Balaban J connectivity index is 1.94. The Morgan fingerprint density at radius 3 is 2.20 bits per heavy atom. The lowest BCUT2D eigenvalue weighted by Crippen LogP contribution is -2.00. The van der Waals surface area contributed by atoms with Crippen molar-refractivity contribution in [3.63, 3.8) is 0 Å². The number of aromatic nitrogens is 1. The molecule has 0 bridgehead atoms. The van der Waals surface area contributed by atoms with Gasteiger partial charge in [-0.2, -0.15) is 5.26 Å². The Labute approximate surface area is 178 Å². The molecule has 146 valence electrons. The fourth-order valence-corrected chi connectivity index (χ4v) is 3.90. The van der Waals surface area contributed by atoms with Gasteiger partial charge in [-0.15, -0.1) is 6.58 Å². The van der Waals surface area contributed by atoms with Crippen molar-refractivity contribution >= 4 is 10.8 Å². The van der Waals surface area contributed by atoms with Gasteiger partial charge in [0, 0.05) is 22.2 Å². The smallest absolute Gasteiger partial charge is 0.0991 e. The highest BCUT2D eigenvalue weighted by atomic mass is 14.7. The van der Waals surface area contributed by atoms with Crippen molar-refractivity contribution in [2.45, 2.75) is 26.2 Å². The Kier molecular flexibility index (Phi) is 5.72. The zero-order chi connectivity index (χ0) is 20.9. The average Bonchev–Trinajstić information content (AvgIpc) is 2.79. The summed E-state index contributed by atoms with van der Waals surface area (Å²) in [5.74, 6) is 0. The molecule has 1 heterocycles. The summed E-state index contributed by atoms with van der Waals surface area (Å²) >= 11 is 0. The highest BCUT2D eigenvalue weighted by Gasteiger charge is 2.16. The molecule has 4 rings (SSSR count). The van der Waals surface area contributed by atoms with Gasteiger partial charge in [0.2, 0.25) is 0 Å². The van der Waals surface area contributed by atoms with Gasteiger partial charge in [0.05, 0.1) is 17.3 Å². The molecule has 3 aromatic carbocycles. The summed E-state index contributed by atoms with van der Waals surface area (Å²) in [5.41, 5.74) is 7.38. The van der Waals surface area contributed by atoms with Crippen LogP contribution in [-0.4, -0.2) is 4.98 Å². The number of hydrogen-bond donors (Lipinski definition) is 0. The lowest BCUT2D eigenvalue weighted by molar-refractivity contribution is 0.797. The number of benzene rings is 3. The van der Waals surface area contributed by atoms with Crippen molar-refractivity contribution in [2.75, 3.05) is 0 Å². The number of nitriles is 1. The van der Waals surface area contributed by atoms with Crippen LogP contribution in [0.3, 0.4) is 0 Å². The number of hydrogen-bond acceptors (Lipinski definition) is 2. The third-order valence-electron chi connectivity index (χ3n) is 5.35. The van der Waals surface area contributed by atoms with E-state index in [9.17, 15) is 0 Å². The molecule has 0 radical (unpaired) electrons. The van der Waals surface area contributed by atoms with Crippen molar-refractivity contribution < 1.29 is 0 Å². The highest BCUT2D eigenvalue weighted by Crippen LogP contribution is 2.37. The maximum atomic E-state index is 9.15. The second-order valence-electron chi connectivity index (χ2n) is 7.69. The molecular weight excluding hydrogens is 364 g/mol. The van der Waals surface area contributed by atoms with Gasteiger partial charge < -0.3 is 0 Å². The predicted octanol–water partition coefficient (Wildman–Crippen LogP) is 7.34. The Morgan fingerprint density at radius 2 is 1.53 bits per heavy atom. The minimum Gasteiger partial charge on any atom is -0.252 e. The number of rotatable bonds is 6. The van der Waals surface area contributed by atoms with Crippen molar-refractivity contribution in [3.8, 4) is 28.5 Å². The average molecular weight is 389 g/mol. The molecule has 0 spiro atoms. The van der Waals surface area contributed by atoms with Crippen molar-refractivity contribution in [3.05, 3.63) is 102 Å². The number of allylic oxidation sites excluding steroid dienone is 1. The van der Waals surface area contributed by atoms with E-state index in [1.54, 1.807) is 0 Å². The molecule has 0 amide bonds. The van der Waals surface area contributed by atoms with Crippen LogP contribution < -0.4 is 0 Å². The number of fused-ring (bicyclic) bond motifs is 1. The van der Waals surface area contributed by atoms with Crippen LogP contribution in [0.15, 0.2) is 91.0 Å². The first kappa shape index (κ1) is 19.6. The lowest BCUT2D eigenvalue weighted by atomic mass is 9.92. The second kappa shape index (κ2) is 8.76. The summed E-state index contributed by atoms with van der Waals surface area (Å²) in [6, 6.07) is 28.9. The molecule has 0 aliphatic rings. The molecule has 2 nitrogen and oxygen atoms in total. The predicted molar refractivity (Wildman–Crippen MR) is 125 cm³/mol. The van der Waals surface area contributed by atoms with E-state index >= 15 is 0 Å². The summed E-state index contributed by atoms with van der Waals surface area (Å²) in [6.45, 7) is 6.13. The second-order valence-corrected chi connectivity index (χ2v) is 7.69. The number of aryl methyl sites for hydroxylation is 1. The zero-order valence-electron chi connectivity index (χ0n) is 17.2. The molecule has 0 N–H and O–H groups in total. The highest BCUT2D eigenvalue weighted by molar-refractivity contribution is 6.04. The molecule has 0 atom stereocenters. The molecule has 4 aromatic rings. The van der Waals surface area contributed by atoms with Gasteiger partial charge in [0.1, 0.15) is 0 Å². The fourth-order valence-electron chi connectivity index (χ4n) is 3.90. The Bertz CT molecular complexity index is 1230. The summed E-state index contributed by atoms with van der Waals surface area (Å²) in [7, 11) is 0. The van der Waals surface area contributed by atoms with E-state index in [0.717, 1.165) is 41.6 Å². The molecule has 0 unspecified atom stereocenters. The molecule has 0 saturated carbocycles. The van der Waals surface area contributed by atoms with Gasteiger partial charge in [-0.1, -0.05) is 72.3 Å². The van der Waals surface area contributed by atoms with E-state index in [0.29, 0.717) is 5.56 Å². The standard InChI is InChI=1S/C28H24N2/c1-20(2)9-8-14-26-27(22-10-4-3-5-11-22)24-12-6-7-13-25(24)28(30-26)23-17-15-21(19-29)16-18-23/h3-7,10-13,15-18H,1,8-9,14H2,2H3. The largest absolute Gasteiger partial charge is 0.252 e. The Hall–Kier alpha value is -3.70. The summed E-state index contributed by atoms with van der Waals surface area (Å²) in [4.78, 5) is 5.19. The maximum absolute atomic E-state index is 9.15. The van der Waals surface area contributed by atoms with E-state index < -0.39 is 0 Å². The van der Waals surface area contributed by atoms with Crippen molar-refractivity contribution in [1.29, 1.82) is 5.26 Å². The molecule has 30 heavy (non-hydrogen) atoms. The molecule has 0 aliphatic carbocycles. The monoisotopic (exact) mass is 388 g/mol. The molecule has 2 heteroatoms. The van der Waals surface area contributed by atoms with E-state index in [4.69, 9.17) is 10.2 Å². The van der Waals surface area contributed by atoms with Crippen LogP contribution in [0.5, 0.6) is 0 Å².